The normalized spacial score (nSPS) is 17.2. The number of piperazine rings is 1. The molecule has 0 unspecified atom stereocenters. The predicted octanol–water partition coefficient (Wildman–Crippen LogP) is 4.11. The Morgan fingerprint density at radius 1 is 0.957 bits per heavy atom. The van der Waals surface area contributed by atoms with Crippen LogP contribution >= 0.6 is 0 Å². The van der Waals surface area contributed by atoms with E-state index in [1.807, 2.05) is 6.07 Å². The maximum atomic E-state index is 5.38. The smallest absolute Gasteiger partial charge is 0.120 e. The van der Waals surface area contributed by atoms with Crippen molar-refractivity contribution in [1.29, 1.82) is 0 Å². The van der Waals surface area contributed by atoms with E-state index >= 15 is 0 Å². The minimum Gasteiger partial charge on any atom is -0.497 e. The van der Waals surface area contributed by atoms with E-state index in [0.29, 0.717) is 0 Å². The standard InChI is InChI=1S/C20H26N2O/c1-16-8-10-17(11-9-16)21-12-13-22(20(2,3)15-21)18-6-5-7-19(14-18)23-4/h5-11,14H,12-13,15H2,1-4H3. The van der Waals surface area contributed by atoms with Gasteiger partial charge in [0.25, 0.3) is 0 Å². The van der Waals surface area contributed by atoms with Crippen molar-refractivity contribution in [2.24, 2.45) is 0 Å². The second-order valence-electron chi connectivity index (χ2n) is 6.92. The van der Waals surface area contributed by atoms with Gasteiger partial charge in [-0.15, -0.1) is 0 Å². The van der Waals surface area contributed by atoms with Crippen molar-refractivity contribution in [3.63, 3.8) is 0 Å². The number of anilines is 2. The number of rotatable bonds is 3. The molecule has 0 aliphatic carbocycles. The van der Waals surface area contributed by atoms with Gasteiger partial charge in [0.05, 0.1) is 12.6 Å². The molecule has 3 nitrogen and oxygen atoms in total. The average Bonchev–Trinajstić information content (AvgIpc) is 2.54. The number of ether oxygens (including phenoxy) is 1. The lowest BCUT2D eigenvalue weighted by Crippen LogP contribution is -2.59. The molecule has 2 aromatic carbocycles. The molecule has 2 aromatic rings. The Balaban J connectivity index is 1.80. The predicted molar refractivity (Wildman–Crippen MR) is 97.8 cm³/mol. The molecule has 3 heteroatoms. The van der Waals surface area contributed by atoms with Crippen LogP contribution in [0.5, 0.6) is 5.75 Å². The number of nitrogens with zero attached hydrogens (tertiary/aromatic N) is 2. The molecule has 0 bridgehead atoms. The Labute approximate surface area is 139 Å². The summed E-state index contributed by atoms with van der Waals surface area (Å²) in [5.41, 5.74) is 3.92. The Kier molecular flexibility index (Phi) is 4.20. The summed E-state index contributed by atoms with van der Waals surface area (Å²) in [6.45, 7) is 9.80. The molecule has 23 heavy (non-hydrogen) atoms. The van der Waals surface area contributed by atoms with Gasteiger partial charge in [-0.05, 0) is 45.0 Å². The molecule has 1 heterocycles. The zero-order valence-corrected chi connectivity index (χ0v) is 14.5. The summed E-state index contributed by atoms with van der Waals surface area (Å²) >= 11 is 0. The molecule has 1 aliphatic heterocycles. The first kappa shape index (κ1) is 15.7. The van der Waals surface area contributed by atoms with E-state index in [2.05, 4.69) is 73.0 Å². The van der Waals surface area contributed by atoms with Gasteiger partial charge in [0.15, 0.2) is 0 Å². The Hall–Kier alpha value is -2.16. The highest BCUT2D eigenvalue weighted by Crippen LogP contribution is 2.32. The number of hydrogen-bond acceptors (Lipinski definition) is 3. The third-order valence-corrected chi connectivity index (χ3v) is 4.67. The van der Waals surface area contributed by atoms with Crippen LogP contribution in [0.25, 0.3) is 0 Å². The molecule has 0 spiro atoms. The van der Waals surface area contributed by atoms with E-state index in [4.69, 9.17) is 4.74 Å². The van der Waals surface area contributed by atoms with Crippen molar-refractivity contribution in [2.45, 2.75) is 26.3 Å². The molecule has 0 aromatic heterocycles. The highest BCUT2D eigenvalue weighted by molar-refractivity contribution is 5.56. The van der Waals surface area contributed by atoms with E-state index in [0.717, 1.165) is 25.4 Å². The van der Waals surface area contributed by atoms with Gasteiger partial charge in [0.2, 0.25) is 0 Å². The zero-order chi connectivity index (χ0) is 16.4. The van der Waals surface area contributed by atoms with Crippen LogP contribution in [0.4, 0.5) is 11.4 Å². The van der Waals surface area contributed by atoms with Gasteiger partial charge in [0.1, 0.15) is 5.75 Å². The lowest BCUT2D eigenvalue weighted by atomic mass is 9.97. The monoisotopic (exact) mass is 310 g/mol. The van der Waals surface area contributed by atoms with Gasteiger partial charge in [-0.25, -0.2) is 0 Å². The summed E-state index contributed by atoms with van der Waals surface area (Å²) in [6.07, 6.45) is 0. The van der Waals surface area contributed by atoms with Crippen LogP contribution in [0.15, 0.2) is 48.5 Å². The first-order chi connectivity index (χ1) is 11.0. The van der Waals surface area contributed by atoms with Crippen molar-refractivity contribution in [3.05, 3.63) is 54.1 Å². The summed E-state index contributed by atoms with van der Waals surface area (Å²) in [6, 6.07) is 17.2. The van der Waals surface area contributed by atoms with Crippen molar-refractivity contribution >= 4 is 11.4 Å². The first-order valence-corrected chi connectivity index (χ1v) is 8.23. The summed E-state index contributed by atoms with van der Waals surface area (Å²) in [5.74, 6) is 0.916. The fraction of sp³-hybridized carbons (Fsp3) is 0.400. The maximum absolute atomic E-state index is 5.38. The maximum Gasteiger partial charge on any atom is 0.120 e. The Morgan fingerprint density at radius 2 is 1.70 bits per heavy atom. The second kappa shape index (κ2) is 6.15. The SMILES string of the molecule is COc1cccc(N2CCN(c3ccc(C)cc3)CC2(C)C)c1. The van der Waals surface area contributed by atoms with Crippen LogP contribution in [-0.2, 0) is 0 Å². The van der Waals surface area contributed by atoms with Crippen LogP contribution in [-0.4, -0.2) is 32.3 Å². The summed E-state index contributed by atoms with van der Waals surface area (Å²) in [4.78, 5) is 4.97. The Bertz CT molecular complexity index is 664. The third-order valence-electron chi connectivity index (χ3n) is 4.67. The average molecular weight is 310 g/mol. The fourth-order valence-corrected chi connectivity index (χ4v) is 3.39. The van der Waals surface area contributed by atoms with Gasteiger partial charge >= 0.3 is 0 Å². The number of methoxy groups -OCH3 is 1. The minimum atomic E-state index is 0.0650. The van der Waals surface area contributed by atoms with Crippen molar-refractivity contribution in [3.8, 4) is 5.75 Å². The van der Waals surface area contributed by atoms with Gasteiger partial charge < -0.3 is 14.5 Å². The van der Waals surface area contributed by atoms with Gasteiger partial charge in [-0.3, -0.25) is 0 Å². The molecule has 122 valence electrons. The first-order valence-electron chi connectivity index (χ1n) is 8.23. The number of aryl methyl sites for hydroxylation is 1. The molecular formula is C20H26N2O. The lowest BCUT2D eigenvalue weighted by molar-refractivity contribution is 0.406. The molecule has 0 amide bonds. The van der Waals surface area contributed by atoms with E-state index < -0.39 is 0 Å². The van der Waals surface area contributed by atoms with Crippen LogP contribution in [0.3, 0.4) is 0 Å². The van der Waals surface area contributed by atoms with Crippen molar-refractivity contribution in [1.82, 2.24) is 0 Å². The van der Waals surface area contributed by atoms with Crippen LogP contribution in [0, 0.1) is 6.92 Å². The molecule has 0 saturated carbocycles. The number of benzene rings is 2. The van der Waals surface area contributed by atoms with E-state index in [1.54, 1.807) is 7.11 Å². The molecule has 1 fully saturated rings. The topological polar surface area (TPSA) is 15.7 Å². The largest absolute Gasteiger partial charge is 0.497 e. The van der Waals surface area contributed by atoms with Gasteiger partial charge in [0, 0.05) is 37.1 Å². The molecule has 0 atom stereocenters. The summed E-state index contributed by atoms with van der Waals surface area (Å²) < 4.78 is 5.38. The quantitative estimate of drug-likeness (QED) is 0.848. The minimum absolute atomic E-state index is 0.0650. The molecule has 1 aliphatic rings. The van der Waals surface area contributed by atoms with E-state index in [-0.39, 0.29) is 5.54 Å². The molecule has 0 radical (unpaired) electrons. The van der Waals surface area contributed by atoms with E-state index in [9.17, 15) is 0 Å². The highest BCUT2D eigenvalue weighted by Gasteiger charge is 2.34. The van der Waals surface area contributed by atoms with Crippen molar-refractivity contribution < 1.29 is 4.74 Å². The summed E-state index contributed by atoms with van der Waals surface area (Å²) in [7, 11) is 1.72. The molecular weight excluding hydrogens is 284 g/mol. The van der Waals surface area contributed by atoms with Crippen LogP contribution in [0.2, 0.25) is 0 Å². The zero-order valence-electron chi connectivity index (χ0n) is 14.5. The van der Waals surface area contributed by atoms with Crippen LogP contribution in [0.1, 0.15) is 19.4 Å². The van der Waals surface area contributed by atoms with Crippen LogP contribution < -0.4 is 14.5 Å². The Morgan fingerprint density at radius 3 is 2.35 bits per heavy atom. The summed E-state index contributed by atoms with van der Waals surface area (Å²) in [5, 5.41) is 0. The molecule has 1 saturated heterocycles. The highest BCUT2D eigenvalue weighted by atomic mass is 16.5. The molecule has 0 N–H and O–H groups in total. The second-order valence-corrected chi connectivity index (χ2v) is 6.92. The number of hydrogen-bond donors (Lipinski definition) is 0. The molecule has 3 rings (SSSR count). The van der Waals surface area contributed by atoms with Gasteiger partial charge in [-0.1, -0.05) is 23.8 Å². The van der Waals surface area contributed by atoms with E-state index in [1.165, 1.54) is 16.9 Å². The fourth-order valence-electron chi connectivity index (χ4n) is 3.39. The van der Waals surface area contributed by atoms with Gasteiger partial charge in [-0.2, -0.15) is 0 Å². The lowest BCUT2D eigenvalue weighted by Gasteiger charge is -2.49. The third kappa shape index (κ3) is 3.29. The van der Waals surface area contributed by atoms with Crippen molar-refractivity contribution in [2.75, 3.05) is 36.5 Å².